The molecule has 0 spiro atoms. The number of para-hydroxylation sites is 1. The molecule has 0 radical (unpaired) electrons. The van der Waals surface area contributed by atoms with E-state index in [1.165, 1.54) is 18.2 Å². The Balaban J connectivity index is 2.21. The summed E-state index contributed by atoms with van der Waals surface area (Å²) in [5.41, 5.74) is 0.303. The molecule has 17 heavy (non-hydrogen) atoms. The second kappa shape index (κ2) is 3.94. The maximum Gasteiger partial charge on any atom is 0.573 e. The normalized spacial score (nSPS) is 23.2. The number of carboxylic acid groups (broad SMARTS) is 1. The molecule has 2 atom stereocenters. The van der Waals surface area contributed by atoms with E-state index in [1.54, 1.807) is 6.07 Å². The van der Waals surface area contributed by atoms with Gasteiger partial charge in [-0.1, -0.05) is 18.2 Å². The van der Waals surface area contributed by atoms with E-state index in [1.807, 2.05) is 0 Å². The third-order valence-corrected chi connectivity index (χ3v) is 2.65. The highest BCUT2D eigenvalue weighted by atomic mass is 19.4. The van der Waals surface area contributed by atoms with Crippen molar-refractivity contribution >= 4 is 5.97 Å². The Labute approximate surface area is 94.8 Å². The first-order valence-corrected chi connectivity index (χ1v) is 4.96. The van der Waals surface area contributed by atoms with Crippen LogP contribution in [0.4, 0.5) is 13.2 Å². The van der Waals surface area contributed by atoms with Gasteiger partial charge in [-0.2, -0.15) is 0 Å². The molecule has 3 nitrogen and oxygen atoms in total. The lowest BCUT2D eigenvalue weighted by Gasteiger charge is -2.12. The molecule has 0 unspecified atom stereocenters. The number of carboxylic acids is 1. The number of ether oxygens (including phenoxy) is 1. The van der Waals surface area contributed by atoms with Crippen LogP contribution in [0.3, 0.4) is 0 Å². The lowest BCUT2D eigenvalue weighted by atomic mass is 10.1. The topological polar surface area (TPSA) is 46.5 Å². The Hall–Kier alpha value is -1.72. The Morgan fingerprint density at radius 1 is 1.35 bits per heavy atom. The van der Waals surface area contributed by atoms with Gasteiger partial charge in [-0.05, 0) is 18.1 Å². The molecule has 0 bridgehead atoms. The molecule has 0 saturated heterocycles. The van der Waals surface area contributed by atoms with Gasteiger partial charge in [0.15, 0.2) is 0 Å². The van der Waals surface area contributed by atoms with Crippen LogP contribution >= 0.6 is 0 Å². The molecule has 92 valence electrons. The van der Waals surface area contributed by atoms with Crippen LogP contribution < -0.4 is 4.74 Å². The van der Waals surface area contributed by atoms with Crippen LogP contribution in [0.2, 0.25) is 0 Å². The fourth-order valence-corrected chi connectivity index (χ4v) is 1.82. The van der Waals surface area contributed by atoms with E-state index in [-0.39, 0.29) is 11.7 Å². The van der Waals surface area contributed by atoms with Crippen LogP contribution in [0.5, 0.6) is 5.75 Å². The van der Waals surface area contributed by atoms with Crippen LogP contribution in [-0.4, -0.2) is 17.4 Å². The zero-order valence-electron chi connectivity index (χ0n) is 8.57. The first kappa shape index (κ1) is 11.8. The van der Waals surface area contributed by atoms with E-state index >= 15 is 0 Å². The third kappa shape index (κ3) is 2.69. The molecule has 0 aliphatic heterocycles. The van der Waals surface area contributed by atoms with Crippen molar-refractivity contribution in [3.05, 3.63) is 29.8 Å². The maximum absolute atomic E-state index is 12.1. The minimum atomic E-state index is -4.76. The second-order valence-electron chi connectivity index (χ2n) is 3.87. The number of aliphatic carboxylic acids is 1. The highest BCUT2D eigenvalue weighted by molar-refractivity contribution is 5.75. The van der Waals surface area contributed by atoms with Crippen LogP contribution in [0, 0.1) is 5.92 Å². The summed E-state index contributed by atoms with van der Waals surface area (Å²) in [4.78, 5) is 10.7. The SMILES string of the molecule is O=C(O)[C@@H]1C[C@H]1c1ccccc1OC(F)(F)F. The maximum atomic E-state index is 12.1. The first-order valence-electron chi connectivity index (χ1n) is 4.96. The van der Waals surface area contributed by atoms with Crippen molar-refractivity contribution in [1.82, 2.24) is 0 Å². The summed E-state index contributed by atoms with van der Waals surface area (Å²) in [7, 11) is 0. The molecule has 1 N–H and O–H groups in total. The van der Waals surface area contributed by atoms with Crippen molar-refractivity contribution in [2.45, 2.75) is 18.7 Å². The molecule has 1 aromatic carbocycles. The van der Waals surface area contributed by atoms with Gasteiger partial charge in [0.05, 0.1) is 5.92 Å². The zero-order chi connectivity index (χ0) is 12.6. The van der Waals surface area contributed by atoms with Crippen molar-refractivity contribution in [3.63, 3.8) is 0 Å². The van der Waals surface area contributed by atoms with E-state index in [0.29, 0.717) is 12.0 Å². The van der Waals surface area contributed by atoms with Gasteiger partial charge in [0, 0.05) is 5.92 Å². The summed E-state index contributed by atoms with van der Waals surface area (Å²) < 4.78 is 40.2. The summed E-state index contributed by atoms with van der Waals surface area (Å²) in [5.74, 6) is -2.29. The monoisotopic (exact) mass is 246 g/mol. The average Bonchev–Trinajstić information content (AvgIpc) is 2.95. The zero-order valence-corrected chi connectivity index (χ0v) is 8.57. The number of carbonyl (C=O) groups is 1. The summed E-state index contributed by atoms with van der Waals surface area (Å²) in [6.07, 6.45) is -4.41. The van der Waals surface area contributed by atoms with Gasteiger partial charge in [-0.3, -0.25) is 4.79 Å². The van der Waals surface area contributed by atoms with E-state index in [4.69, 9.17) is 5.11 Å². The van der Waals surface area contributed by atoms with Gasteiger partial charge in [0.25, 0.3) is 0 Å². The Morgan fingerprint density at radius 2 is 2.00 bits per heavy atom. The molecule has 1 saturated carbocycles. The van der Waals surface area contributed by atoms with Gasteiger partial charge in [0.2, 0.25) is 0 Å². The van der Waals surface area contributed by atoms with Crippen molar-refractivity contribution in [3.8, 4) is 5.75 Å². The largest absolute Gasteiger partial charge is 0.573 e. The molecular weight excluding hydrogens is 237 g/mol. The van der Waals surface area contributed by atoms with Crippen molar-refractivity contribution in [2.24, 2.45) is 5.92 Å². The Kier molecular flexibility index (Phi) is 2.73. The average molecular weight is 246 g/mol. The smallest absolute Gasteiger partial charge is 0.481 e. The highest BCUT2D eigenvalue weighted by Crippen LogP contribution is 2.50. The summed E-state index contributed by atoms with van der Waals surface area (Å²) >= 11 is 0. The van der Waals surface area contributed by atoms with E-state index in [2.05, 4.69) is 4.74 Å². The van der Waals surface area contributed by atoms with Crippen LogP contribution in [0.25, 0.3) is 0 Å². The lowest BCUT2D eigenvalue weighted by molar-refractivity contribution is -0.274. The first-order chi connectivity index (χ1) is 7.88. The Morgan fingerprint density at radius 3 is 2.53 bits per heavy atom. The van der Waals surface area contributed by atoms with Crippen LogP contribution in [-0.2, 0) is 4.79 Å². The molecule has 0 aromatic heterocycles. The predicted octanol–water partition coefficient (Wildman–Crippen LogP) is 2.77. The molecule has 0 amide bonds. The highest BCUT2D eigenvalue weighted by Gasteiger charge is 2.46. The van der Waals surface area contributed by atoms with Crippen LogP contribution in [0.1, 0.15) is 17.9 Å². The van der Waals surface area contributed by atoms with Gasteiger partial charge < -0.3 is 9.84 Å². The molecule has 1 aliphatic carbocycles. The molecule has 1 aliphatic rings. The molecule has 6 heteroatoms. The fourth-order valence-electron chi connectivity index (χ4n) is 1.82. The predicted molar refractivity (Wildman–Crippen MR) is 51.6 cm³/mol. The lowest BCUT2D eigenvalue weighted by Crippen LogP contribution is -2.18. The van der Waals surface area contributed by atoms with E-state index in [0.717, 1.165) is 0 Å². The Bertz CT molecular complexity index is 442. The number of hydrogen-bond acceptors (Lipinski definition) is 2. The number of alkyl halides is 3. The molecule has 1 aromatic rings. The summed E-state index contributed by atoms with van der Waals surface area (Å²) in [6.45, 7) is 0. The quantitative estimate of drug-likeness (QED) is 0.891. The van der Waals surface area contributed by atoms with Crippen molar-refractivity contribution < 1.29 is 27.8 Å². The minimum absolute atomic E-state index is 0.303. The van der Waals surface area contributed by atoms with E-state index < -0.39 is 18.2 Å². The van der Waals surface area contributed by atoms with Gasteiger partial charge >= 0.3 is 12.3 Å². The molecule has 1 fully saturated rings. The summed E-state index contributed by atoms with van der Waals surface area (Å²) in [5, 5.41) is 8.75. The van der Waals surface area contributed by atoms with Gasteiger partial charge in [-0.25, -0.2) is 0 Å². The molecule has 0 heterocycles. The number of hydrogen-bond donors (Lipinski definition) is 1. The number of rotatable bonds is 3. The third-order valence-electron chi connectivity index (χ3n) is 2.65. The van der Waals surface area contributed by atoms with Crippen molar-refractivity contribution in [2.75, 3.05) is 0 Å². The van der Waals surface area contributed by atoms with Gasteiger partial charge in [0.1, 0.15) is 5.75 Å². The van der Waals surface area contributed by atoms with Crippen LogP contribution in [0.15, 0.2) is 24.3 Å². The minimum Gasteiger partial charge on any atom is -0.481 e. The fraction of sp³-hybridized carbons (Fsp3) is 0.364. The number of halogens is 3. The standard InChI is InChI=1S/C11H9F3O3/c12-11(13,14)17-9-4-2-1-3-6(9)7-5-8(7)10(15)16/h1-4,7-8H,5H2,(H,15,16)/t7-,8+/m0/s1. The van der Waals surface area contributed by atoms with Crippen molar-refractivity contribution in [1.29, 1.82) is 0 Å². The second-order valence-corrected chi connectivity index (χ2v) is 3.87. The summed E-state index contributed by atoms with van der Waals surface area (Å²) in [6, 6.07) is 5.65. The van der Waals surface area contributed by atoms with Gasteiger partial charge in [-0.15, -0.1) is 13.2 Å². The van der Waals surface area contributed by atoms with E-state index in [9.17, 15) is 18.0 Å². The molecule has 2 rings (SSSR count). The molecular formula is C11H9F3O3. The number of benzene rings is 1.